The van der Waals surface area contributed by atoms with Gasteiger partial charge in [0.2, 0.25) is 0 Å². The molecule has 302 valence electrons. The molecule has 0 spiro atoms. The molecule has 2 heterocycles. The summed E-state index contributed by atoms with van der Waals surface area (Å²) in [5.41, 5.74) is 15.6. The van der Waals surface area contributed by atoms with Gasteiger partial charge in [0.25, 0.3) is 0 Å². The second-order valence-electron chi connectivity index (χ2n) is 16.2. The van der Waals surface area contributed by atoms with Crippen LogP contribution in [-0.2, 0) is 0 Å². The Hall–Kier alpha value is -8.60. The third-order valence-corrected chi connectivity index (χ3v) is 12.4. The van der Waals surface area contributed by atoms with E-state index >= 15 is 0 Å². The Labute approximate surface area is 372 Å². The van der Waals surface area contributed by atoms with E-state index in [1.54, 1.807) is 0 Å². The molecule has 0 saturated carbocycles. The monoisotopic (exact) mass is 818 g/mol. The maximum absolute atomic E-state index is 2.47. The van der Waals surface area contributed by atoms with Gasteiger partial charge in [0.15, 0.2) is 0 Å². The summed E-state index contributed by atoms with van der Waals surface area (Å²) < 4.78 is 4.90. The summed E-state index contributed by atoms with van der Waals surface area (Å²) in [6.45, 7) is 0. The van der Waals surface area contributed by atoms with E-state index in [2.05, 4.69) is 274 Å². The lowest BCUT2D eigenvalue weighted by atomic mass is 10.0. The highest BCUT2D eigenvalue weighted by Crippen LogP contribution is 2.44. The first kappa shape index (κ1) is 37.2. The molecular formula is C60H42N4. The van der Waals surface area contributed by atoms with Crippen LogP contribution >= 0.6 is 0 Å². The standard InChI is InChI=1S/C60H42N4/c1-6-20-43(21-7-1)44-34-36-59-55(38-44)56-42-49(61(45-22-8-2-9-23-45)46-24-10-3-11-25-46)35-37-60(56)64(59)52-40-50(62(47-26-12-4-13-27-47)48-28-14-5-15-29-48)39-51(41-52)63-57-32-18-16-30-53(57)54-31-17-19-33-58(54)63/h1-42H. The van der Waals surface area contributed by atoms with E-state index in [4.69, 9.17) is 0 Å². The van der Waals surface area contributed by atoms with Crippen LogP contribution in [0.3, 0.4) is 0 Å². The summed E-state index contributed by atoms with van der Waals surface area (Å²) in [5.74, 6) is 0. The van der Waals surface area contributed by atoms with Crippen LogP contribution in [0, 0.1) is 0 Å². The van der Waals surface area contributed by atoms with Gasteiger partial charge in [-0.25, -0.2) is 0 Å². The quantitative estimate of drug-likeness (QED) is 0.144. The van der Waals surface area contributed by atoms with E-state index in [9.17, 15) is 0 Å². The number of aromatic nitrogens is 2. The number of rotatable bonds is 9. The van der Waals surface area contributed by atoms with Gasteiger partial charge in [-0.3, -0.25) is 0 Å². The minimum atomic E-state index is 1.05. The Balaban J connectivity index is 1.17. The fourth-order valence-electron chi connectivity index (χ4n) is 9.61. The molecular weight excluding hydrogens is 777 g/mol. The van der Waals surface area contributed by atoms with Crippen molar-refractivity contribution in [1.29, 1.82) is 0 Å². The van der Waals surface area contributed by atoms with Crippen LogP contribution in [0.5, 0.6) is 0 Å². The Morgan fingerprint density at radius 1 is 0.219 bits per heavy atom. The topological polar surface area (TPSA) is 16.3 Å². The van der Waals surface area contributed by atoms with Crippen LogP contribution in [0.25, 0.3) is 66.1 Å². The Bertz CT molecular complexity index is 3460. The van der Waals surface area contributed by atoms with E-state index in [0.717, 1.165) is 56.5 Å². The molecule has 0 saturated heterocycles. The lowest BCUT2D eigenvalue weighted by Gasteiger charge is -2.27. The molecule has 12 aromatic rings. The molecule has 0 bridgehead atoms. The van der Waals surface area contributed by atoms with Crippen LogP contribution in [0.2, 0.25) is 0 Å². The second-order valence-corrected chi connectivity index (χ2v) is 16.2. The van der Waals surface area contributed by atoms with Crippen molar-refractivity contribution in [2.75, 3.05) is 9.80 Å². The minimum Gasteiger partial charge on any atom is -0.310 e. The molecule has 4 nitrogen and oxygen atoms in total. The Morgan fingerprint density at radius 3 is 1.08 bits per heavy atom. The molecule has 0 atom stereocenters. The summed E-state index contributed by atoms with van der Waals surface area (Å²) in [7, 11) is 0. The van der Waals surface area contributed by atoms with Crippen LogP contribution in [0.15, 0.2) is 255 Å². The van der Waals surface area contributed by atoms with Gasteiger partial charge in [-0.2, -0.15) is 0 Å². The van der Waals surface area contributed by atoms with Crippen LogP contribution < -0.4 is 9.80 Å². The summed E-state index contributed by atoms with van der Waals surface area (Å²) in [5, 5.41) is 4.82. The first-order valence-electron chi connectivity index (χ1n) is 21.8. The van der Waals surface area contributed by atoms with Crippen molar-refractivity contribution in [3.8, 4) is 22.5 Å². The Morgan fingerprint density at radius 2 is 0.594 bits per heavy atom. The fraction of sp³-hybridized carbons (Fsp3) is 0. The number of para-hydroxylation sites is 6. The zero-order valence-electron chi connectivity index (χ0n) is 35.0. The smallest absolute Gasteiger partial charge is 0.0542 e. The molecule has 64 heavy (non-hydrogen) atoms. The molecule has 0 amide bonds. The normalized spacial score (nSPS) is 11.4. The zero-order valence-corrected chi connectivity index (χ0v) is 35.0. The molecule has 12 rings (SSSR count). The van der Waals surface area contributed by atoms with Gasteiger partial charge in [0.05, 0.1) is 39.1 Å². The summed E-state index contributed by atoms with van der Waals surface area (Å²) in [6.07, 6.45) is 0. The maximum atomic E-state index is 2.47. The molecule has 2 aromatic heterocycles. The van der Waals surface area contributed by atoms with Crippen LogP contribution in [-0.4, -0.2) is 9.13 Å². The molecule has 0 unspecified atom stereocenters. The molecule has 0 aliphatic carbocycles. The molecule has 0 N–H and O–H groups in total. The van der Waals surface area contributed by atoms with E-state index in [0.29, 0.717) is 0 Å². The summed E-state index contributed by atoms with van der Waals surface area (Å²) >= 11 is 0. The van der Waals surface area contributed by atoms with Gasteiger partial charge in [0.1, 0.15) is 0 Å². The number of hydrogen-bond acceptors (Lipinski definition) is 2. The van der Waals surface area contributed by atoms with Crippen molar-refractivity contribution in [3.05, 3.63) is 255 Å². The third kappa shape index (κ3) is 6.40. The van der Waals surface area contributed by atoms with Gasteiger partial charge < -0.3 is 18.9 Å². The lowest BCUT2D eigenvalue weighted by Crippen LogP contribution is -2.11. The highest BCUT2D eigenvalue weighted by molar-refractivity contribution is 6.12. The van der Waals surface area contributed by atoms with Gasteiger partial charge in [0, 0.05) is 50.0 Å². The first-order valence-corrected chi connectivity index (χ1v) is 21.8. The molecule has 0 radical (unpaired) electrons. The van der Waals surface area contributed by atoms with E-state index in [1.807, 2.05) is 0 Å². The van der Waals surface area contributed by atoms with Crippen molar-refractivity contribution >= 4 is 77.7 Å². The maximum Gasteiger partial charge on any atom is 0.0542 e. The predicted molar refractivity (Wildman–Crippen MR) is 270 cm³/mol. The van der Waals surface area contributed by atoms with Crippen LogP contribution in [0.1, 0.15) is 0 Å². The number of benzene rings is 10. The van der Waals surface area contributed by atoms with Gasteiger partial charge in [-0.05, 0) is 120 Å². The first-order chi connectivity index (χ1) is 31.8. The Kier molecular flexibility index (Phi) is 9.12. The zero-order chi connectivity index (χ0) is 42.4. The van der Waals surface area contributed by atoms with Crippen LogP contribution in [0.4, 0.5) is 34.1 Å². The van der Waals surface area contributed by atoms with Gasteiger partial charge in [-0.15, -0.1) is 0 Å². The predicted octanol–water partition coefficient (Wildman–Crippen LogP) is 16.5. The summed E-state index contributed by atoms with van der Waals surface area (Å²) in [6, 6.07) is 91.9. The largest absolute Gasteiger partial charge is 0.310 e. The van der Waals surface area contributed by atoms with Crippen molar-refractivity contribution in [3.63, 3.8) is 0 Å². The highest BCUT2D eigenvalue weighted by Gasteiger charge is 2.22. The number of anilines is 6. The second kappa shape index (κ2) is 15.7. The number of fused-ring (bicyclic) bond motifs is 6. The SMILES string of the molecule is c1ccc(-c2ccc3c(c2)c2cc(N(c4ccccc4)c4ccccc4)ccc2n3-c2cc(N(c3ccccc3)c3ccccc3)cc(-n3c4ccccc4c4ccccc43)c2)cc1. The average Bonchev–Trinajstić information content (AvgIpc) is 3.88. The number of nitrogens with zero attached hydrogens (tertiary/aromatic N) is 4. The van der Waals surface area contributed by atoms with Crippen molar-refractivity contribution in [2.45, 2.75) is 0 Å². The van der Waals surface area contributed by atoms with Crippen molar-refractivity contribution in [2.24, 2.45) is 0 Å². The molecule has 0 fully saturated rings. The average molecular weight is 819 g/mol. The third-order valence-electron chi connectivity index (χ3n) is 12.4. The number of hydrogen-bond donors (Lipinski definition) is 0. The van der Waals surface area contributed by atoms with E-state index in [1.165, 1.54) is 43.7 Å². The molecule has 0 aliphatic rings. The van der Waals surface area contributed by atoms with E-state index < -0.39 is 0 Å². The van der Waals surface area contributed by atoms with Gasteiger partial charge in [-0.1, -0.05) is 146 Å². The summed E-state index contributed by atoms with van der Waals surface area (Å²) in [4.78, 5) is 4.72. The lowest BCUT2D eigenvalue weighted by molar-refractivity contribution is 1.12. The van der Waals surface area contributed by atoms with Crippen molar-refractivity contribution in [1.82, 2.24) is 9.13 Å². The molecule has 4 heteroatoms. The minimum absolute atomic E-state index is 1.05. The highest BCUT2D eigenvalue weighted by atomic mass is 15.2. The van der Waals surface area contributed by atoms with E-state index in [-0.39, 0.29) is 0 Å². The molecule has 10 aromatic carbocycles. The van der Waals surface area contributed by atoms with Gasteiger partial charge >= 0.3 is 0 Å². The fourth-order valence-corrected chi connectivity index (χ4v) is 9.61. The van der Waals surface area contributed by atoms with Crippen molar-refractivity contribution < 1.29 is 0 Å². The molecule has 0 aliphatic heterocycles.